The number of rotatable bonds is 6. The summed E-state index contributed by atoms with van der Waals surface area (Å²) in [5.74, 6) is -1.83. The number of nitrogens with one attached hydrogen (secondary N) is 2. The molecule has 0 fully saturated rings. The largest absolute Gasteiger partial charge is 0.480 e. The molecule has 0 radical (unpaired) electrons. The van der Waals surface area contributed by atoms with Gasteiger partial charge in [-0.25, -0.2) is 9.59 Å². The van der Waals surface area contributed by atoms with Crippen LogP contribution >= 0.6 is 0 Å². The highest BCUT2D eigenvalue weighted by atomic mass is 16.4. The summed E-state index contributed by atoms with van der Waals surface area (Å²) in [5, 5.41) is 13.7. The van der Waals surface area contributed by atoms with Gasteiger partial charge in [0.15, 0.2) is 0 Å². The average Bonchev–Trinajstić information content (AvgIpc) is 2.36. The normalized spacial score (nSPS) is 11.4. The Morgan fingerprint density at radius 3 is 2.35 bits per heavy atom. The summed E-state index contributed by atoms with van der Waals surface area (Å²) in [6, 6.07) is 5.23. The number of carbonyl (C=O) groups excluding carboxylic acids is 2. The molecule has 1 atom stereocenters. The lowest BCUT2D eigenvalue weighted by molar-refractivity contribution is -0.139. The van der Waals surface area contributed by atoms with E-state index in [0.29, 0.717) is 5.69 Å². The Kier molecular flexibility index (Phi) is 5.52. The molecule has 5 N–H and O–H groups in total. The molecule has 1 aromatic carbocycles. The van der Waals surface area contributed by atoms with Gasteiger partial charge in [-0.3, -0.25) is 4.79 Å². The van der Waals surface area contributed by atoms with E-state index in [4.69, 9.17) is 10.8 Å². The maximum Gasteiger partial charge on any atom is 0.326 e. The molecule has 0 aromatic heterocycles. The Hall–Kier alpha value is -2.57. The lowest BCUT2D eigenvalue weighted by Crippen LogP contribution is -2.43. The van der Waals surface area contributed by atoms with Gasteiger partial charge in [-0.1, -0.05) is 17.7 Å². The monoisotopic (exact) mass is 279 g/mol. The van der Waals surface area contributed by atoms with Crippen LogP contribution in [0.4, 0.5) is 10.5 Å². The van der Waals surface area contributed by atoms with Crippen LogP contribution in [0.25, 0.3) is 0 Å². The topological polar surface area (TPSA) is 122 Å². The van der Waals surface area contributed by atoms with E-state index in [1.807, 2.05) is 19.1 Å². The van der Waals surface area contributed by atoms with Gasteiger partial charge >= 0.3 is 12.0 Å². The molecule has 0 saturated heterocycles. The summed E-state index contributed by atoms with van der Waals surface area (Å²) < 4.78 is 0. The summed E-state index contributed by atoms with van der Waals surface area (Å²) in [7, 11) is 0. The molecule has 0 heterocycles. The minimum absolute atomic E-state index is 0.0496. The van der Waals surface area contributed by atoms with Crippen LogP contribution in [-0.4, -0.2) is 29.1 Å². The molecule has 0 aliphatic heterocycles. The number of aliphatic carboxylic acids is 1. The molecular weight excluding hydrogens is 262 g/mol. The van der Waals surface area contributed by atoms with Gasteiger partial charge in [0, 0.05) is 12.1 Å². The van der Waals surface area contributed by atoms with Crippen LogP contribution < -0.4 is 16.4 Å². The minimum atomic E-state index is -1.22. The first-order valence-corrected chi connectivity index (χ1v) is 6.04. The van der Waals surface area contributed by atoms with Crippen molar-refractivity contribution in [1.82, 2.24) is 5.32 Å². The number of aryl methyl sites for hydroxylation is 1. The summed E-state index contributed by atoms with van der Waals surface area (Å²) in [6.07, 6.45) is -0.159. The number of amides is 3. The number of anilines is 1. The number of hydrogen-bond acceptors (Lipinski definition) is 3. The molecule has 1 aromatic rings. The fraction of sp³-hybridized carbons (Fsp3) is 0.308. The van der Waals surface area contributed by atoms with E-state index in [1.165, 1.54) is 0 Å². The van der Waals surface area contributed by atoms with Gasteiger partial charge in [-0.05, 0) is 25.5 Å². The molecule has 7 nitrogen and oxygen atoms in total. The van der Waals surface area contributed by atoms with Gasteiger partial charge in [-0.2, -0.15) is 0 Å². The van der Waals surface area contributed by atoms with Crippen molar-refractivity contribution < 1.29 is 19.5 Å². The summed E-state index contributed by atoms with van der Waals surface area (Å²) in [6.45, 7) is 1.91. The molecule has 0 unspecified atom stereocenters. The molecule has 7 heteroatoms. The van der Waals surface area contributed by atoms with Crippen LogP contribution in [0, 0.1) is 6.92 Å². The molecule has 0 aliphatic rings. The molecule has 1 rings (SSSR count). The highest BCUT2D eigenvalue weighted by molar-refractivity contribution is 5.92. The predicted octanol–water partition coefficient (Wildman–Crippen LogP) is 0.835. The quantitative estimate of drug-likeness (QED) is 0.616. The highest BCUT2D eigenvalue weighted by Crippen LogP contribution is 2.08. The van der Waals surface area contributed by atoms with Crippen molar-refractivity contribution in [2.45, 2.75) is 25.8 Å². The molecule has 0 spiro atoms. The average molecular weight is 279 g/mol. The molecular formula is C13H17N3O4. The van der Waals surface area contributed by atoms with Crippen molar-refractivity contribution >= 4 is 23.6 Å². The van der Waals surface area contributed by atoms with Gasteiger partial charge < -0.3 is 21.5 Å². The van der Waals surface area contributed by atoms with Crippen molar-refractivity contribution in [3.8, 4) is 0 Å². The van der Waals surface area contributed by atoms with Crippen LogP contribution in [0.3, 0.4) is 0 Å². The van der Waals surface area contributed by atoms with Gasteiger partial charge in [0.25, 0.3) is 0 Å². The Bertz CT molecular complexity index is 499. The lowest BCUT2D eigenvalue weighted by Gasteiger charge is -2.14. The number of urea groups is 1. The Morgan fingerprint density at radius 2 is 1.85 bits per heavy atom. The van der Waals surface area contributed by atoms with Gasteiger partial charge in [0.1, 0.15) is 6.04 Å². The molecule has 3 amide bonds. The third kappa shape index (κ3) is 5.38. The Balaban J connectivity index is 2.55. The van der Waals surface area contributed by atoms with Gasteiger partial charge in [-0.15, -0.1) is 0 Å². The maximum absolute atomic E-state index is 11.7. The first-order chi connectivity index (χ1) is 9.38. The molecule has 0 saturated carbocycles. The summed E-state index contributed by atoms with van der Waals surface area (Å²) in [5.41, 5.74) is 6.54. The van der Waals surface area contributed by atoms with E-state index in [0.717, 1.165) is 5.56 Å². The van der Waals surface area contributed by atoms with E-state index in [9.17, 15) is 14.4 Å². The van der Waals surface area contributed by atoms with E-state index in [-0.39, 0.29) is 12.8 Å². The second kappa shape index (κ2) is 7.13. The fourth-order valence-corrected chi connectivity index (χ4v) is 1.51. The van der Waals surface area contributed by atoms with Crippen molar-refractivity contribution in [3.63, 3.8) is 0 Å². The van der Waals surface area contributed by atoms with Crippen LogP contribution in [-0.2, 0) is 9.59 Å². The van der Waals surface area contributed by atoms with E-state index >= 15 is 0 Å². The van der Waals surface area contributed by atoms with Crippen LogP contribution in [0.2, 0.25) is 0 Å². The predicted molar refractivity (Wildman–Crippen MR) is 73.2 cm³/mol. The van der Waals surface area contributed by atoms with Crippen LogP contribution in [0.1, 0.15) is 18.4 Å². The van der Waals surface area contributed by atoms with Crippen molar-refractivity contribution in [1.29, 1.82) is 0 Å². The van der Waals surface area contributed by atoms with Gasteiger partial charge in [0.05, 0.1) is 0 Å². The van der Waals surface area contributed by atoms with Crippen molar-refractivity contribution in [3.05, 3.63) is 29.8 Å². The number of benzene rings is 1. The Morgan fingerprint density at radius 1 is 1.25 bits per heavy atom. The second-order valence-electron chi connectivity index (χ2n) is 4.36. The number of primary amides is 1. The second-order valence-corrected chi connectivity index (χ2v) is 4.36. The summed E-state index contributed by atoms with van der Waals surface area (Å²) >= 11 is 0. The number of carboxylic acids is 1. The first kappa shape index (κ1) is 15.5. The third-order valence-corrected chi connectivity index (χ3v) is 2.59. The first-order valence-electron chi connectivity index (χ1n) is 6.04. The fourth-order valence-electron chi connectivity index (χ4n) is 1.51. The molecule has 20 heavy (non-hydrogen) atoms. The molecule has 0 aliphatic carbocycles. The maximum atomic E-state index is 11.7. The molecule has 0 bridgehead atoms. The number of carbonyl (C=O) groups is 3. The number of nitrogens with two attached hydrogens (primary N) is 1. The lowest BCUT2D eigenvalue weighted by atomic mass is 10.1. The number of carboxylic acid groups (broad SMARTS) is 1. The Labute approximate surface area is 116 Å². The third-order valence-electron chi connectivity index (χ3n) is 2.59. The van der Waals surface area contributed by atoms with E-state index in [1.54, 1.807) is 12.1 Å². The smallest absolute Gasteiger partial charge is 0.326 e. The minimum Gasteiger partial charge on any atom is -0.480 e. The number of hydrogen-bond donors (Lipinski definition) is 4. The summed E-state index contributed by atoms with van der Waals surface area (Å²) in [4.78, 5) is 33.2. The zero-order valence-electron chi connectivity index (χ0n) is 11.1. The van der Waals surface area contributed by atoms with Gasteiger partial charge in [0.2, 0.25) is 5.91 Å². The van der Waals surface area contributed by atoms with Crippen molar-refractivity contribution in [2.75, 3.05) is 5.32 Å². The van der Waals surface area contributed by atoms with E-state index in [2.05, 4.69) is 10.6 Å². The standard InChI is InChI=1S/C13H17N3O4/c1-8-2-4-9(5-3-8)15-13(20)16-10(12(18)19)6-7-11(14)17/h2-5,10H,6-7H2,1H3,(H2,14,17)(H,18,19)(H2,15,16,20)/t10-/m0/s1. The van der Waals surface area contributed by atoms with Crippen molar-refractivity contribution in [2.24, 2.45) is 5.73 Å². The SMILES string of the molecule is Cc1ccc(NC(=O)N[C@@H](CCC(N)=O)C(=O)O)cc1. The molecule has 108 valence electrons. The zero-order chi connectivity index (χ0) is 15.1. The van der Waals surface area contributed by atoms with E-state index < -0.39 is 23.9 Å². The highest BCUT2D eigenvalue weighted by Gasteiger charge is 2.20. The van der Waals surface area contributed by atoms with Crippen LogP contribution in [0.5, 0.6) is 0 Å². The van der Waals surface area contributed by atoms with Crippen LogP contribution in [0.15, 0.2) is 24.3 Å². The zero-order valence-corrected chi connectivity index (χ0v) is 11.1.